The lowest BCUT2D eigenvalue weighted by atomic mass is 10.1. The van der Waals surface area contributed by atoms with Crippen LogP contribution in [0.3, 0.4) is 0 Å². The number of carbonyl (C=O) groups excluding carboxylic acids is 2. The molecule has 1 rings (SSSR count). The van der Waals surface area contributed by atoms with Gasteiger partial charge in [0.25, 0.3) is 0 Å². The van der Waals surface area contributed by atoms with Crippen molar-refractivity contribution in [1.82, 2.24) is 10.6 Å². The monoisotopic (exact) mass is 385 g/mol. The van der Waals surface area contributed by atoms with Crippen molar-refractivity contribution in [3.63, 3.8) is 0 Å². The van der Waals surface area contributed by atoms with Crippen LogP contribution in [0.2, 0.25) is 0 Å². The summed E-state index contributed by atoms with van der Waals surface area (Å²) in [6, 6.07) is 5.17. The zero-order valence-corrected chi connectivity index (χ0v) is 15.1. The van der Waals surface area contributed by atoms with Gasteiger partial charge < -0.3 is 21.1 Å². The summed E-state index contributed by atoms with van der Waals surface area (Å²) < 4.78 is 6.05. The van der Waals surface area contributed by atoms with Crippen LogP contribution in [0.15, 0.2) is 22.7 Å². The molecule has 1 aromatic carbocycles. The van der Waals surface area contributed by atoms with Crippen molar-refractivity contribution in [3.8, 4) is 5.75 Å². The van der Waals surface area contributed by atoms with Gasteiger partial charge in [0.05, 0.1) is 17.6 Å². The fourth-order valence-corrected chi connectivity index (χ4v) is 2.71. The lowest BCUT2D eigenvalue weighted by Gasteiger charge is -2.15. The number of unbranched alkanes of at least 4 members (excludes halogenated alkanes) is 2. The van der Waals surface area contributed by atoms with E-state index >= 15 is 0 Å². The highest BCUT2D eigenvalue weighted by molar-refractivity contribution is 9.10. The van der Waals surface area contributed by atoms with Crippen LogP contribution in [-0.4, -0.2) is 25.6 Å². The van der Waals surface area contributed by atoms with E-state index < -0.39 is 6.03 Å². The molecular weight excluding hydrogens is 362 g/mol. The number of ether oxygens (including phenoxy) is 1. The van der Waals surface area contributed by atoms with Crippen LogP contribution in [0.1, 0.15) is 44.2 Å². The maximum atomic E-state index is 11.9. The van der Waals surface area contributed by atoms with E-state index in [1.807, 2.05) is 25.1 Å². The fourth-order valence-electron chi connectivity index (χ4n) is 2.15. The first-order chi connectivity index (χ1) is 10.9. The Balaban J connectivity index is 2.30. The van der Waals surface area contributed by atoms with Gasteiger partial charge in [0.15, 0.2) is 0 Å². The lowest BCUT2D eigenvalue weighted by Crippen LogP contribution is -2.30. The summed E-state index contributed by atoms with van der Waals surface area (Å²) in [5.41, 5.74) is 5.98. The molecule has 0 unspecified atom stereocenters. The molecule has 4 N–H and O–H groups in total. The molecule has 7 heteroatoms. The Labute approximate surface area is 145 Å². The molecular formula is C16H24BrN3O3. The number of carbonyl (C=O) groups is 2. The van der Waals surface area contributed by atoms with Gasteiger partial charge in [-0.3, -0.25) is 4.79 Å². The van der Waals surface area contributed by atoms with E-state index in [9.17, 15) is 9.59 Å². The summed E-state index contributed by atoms with van der Waals surface area (Å²) in [6.45, 7) is 2.50. The van der Waals surface area contributed by atoms with Gasteiger partial charge >= 0.3 is 6.03 Å². The van der Waals surface area contributed by atoms with Crippen LogP contribution < -0.4 is 21.1 Å². The number of nitrogens with two attached hydrogens (primary N) is 1. The van der Waals surface area contributed by atoms with Crippen LogP contribution >= 0.6 is 15.9 Å². The summed E-state index contributed by atoms with van der Waals surface area (Å²) in [6.07, 6.45) is 2.94. The molecule has 0 bridgehead atoms. The van der Waals surface area contributed by atoms with Crippen molar-refractivity contribution in [2.24, 2.45) is 5.73 Å². The number of urea groups is 1. The second-order valence-electron chi connectivity index (χ2n) is 5.28. The molecule has 0 fully saturated rings. The number of nitrogens with one attached hydrogen (secondary N) is 2. The van der Waals surface area contributed by atoms with Gasteiger partial charge in [-0.2, -0.15) is 0 Å². The van der Waals surface area contributed by atoms with Crippen molar-refractivity contribution >= 4 is 27.9 Å². The minimum Gasteiger partial charge on any atom is -0.496 e. The van der Waals surface area contributed by atoms with Crippen LogP contribution in [-0.2, 0) is 4.79 Å². The number of hydrogen-bond acceptors (Lipinski definition) is 3. The quantitative estimate of drug-likeness (QED) is 0.570. The van der Waals surface area contributed by atoms with Gasteiger partial charge in [-0.25, -0.2) is 4.79 Å². The maximum Gasteiger partial charge on any atom is 0.312 e. The minimum absolute atomic E-state index is 0.0206. The first kappa shape index (κ1) is 19.3. The lowest BCUT2D eigenvalue weighted by molar-refractivity contribution is -0.121. The van der Waals surface area contributed by atoms with E-state index in [4.69, 9.17) is 10.5 Å². The van der Waals surface area contributed by atoms with Crippen molar-refractivity contribution in [2.45, 2.75) is 38.6 Å². The summed E-state index contributed by atoms with van der Waals surface area (Å²) in [4.78, 5) is 22.4. The molecule has 1 atom stereocenters. The third-order valence-corrected chi connectivity index (χ3v) is 4.05. The Kier molecular flexibility index (Phi) is 8.47. The highest BCUT2D eigenvalue weighted by atomic mass is 79.9. The normalized spacial score (nSPS) is 11.6. The van der Waals surface area contributed by atoms with Crippen LogP contribution in [0.25, 0.3) is 0 Å². The molecule has 0 aromatic heterocycles. The van der Waals surface area contributed by atoms with Crippen molar-refractivity contribution in [2.75, 3.05) is 13.7 Å². The summed E-state index contributed by atoms with van der Waals surface area (Å²) in [5.74, 6) is 0.782. The van der Waals surface area contributed by atoms with Gasteiger partial charge in [0.1, 0.15) is 5.75 Å². The average Bonchev–Trinajstić information content (AvgIpc) is 2.50. The zero-order valence-electron chi connectivity index (χ0n) is 13.5. The number of methoxy groups -OCH3 is 1. The molecule has 0 aliphatic heterocycles. The summed E-state index contributed by atoms with van der Waals surface area (Å²) >= 11 is 3.44. The van der Waals surface area contributed by atoms with E-state index in [0.717, 1.165) is 35.0 Å². The molecule has 0 aliphatic rings. The maximum absolute atomic E-state index is 11.9. The molecule has 3 amide bonds. The fraction of sp³-hybridized carbons (Fsp3) is 0.500. The van der Waals surface area contributed by atoms with Gasteiger partial charge in [0, 0.05) is 13.0 Å². The zero-order chi connectivity index (χ0) is 17.2. The molecule has 6 nitrogen and oxygen atoms in total. The Morgan fingerprint density at radius 1 is 1.30 bits per heavy atom. The largest absolute Gasteiger partial charge is 0.496 e. The first-order valence-corrected chi connectivity index (χ1v) is 8.39. The predicted octanol–water partition coefficient (Wildman–Crippen LogP) is 2.86. The van der Waals surface area contributed by atoms with E-state index in [1.165, 1.54) is 0 Å². The minimum atomic E-state index is -0.512. The average molecular weight is 386 g/mol. The number of hydrogen-bond donors (Lipinski definition) is 3. The third kappa shape index (κ3) is 7.36. The van der Waals surface area contributed by atoms with Gasteiger partial charge in [-0.05, 0) is 53.4 Å². The Morgan fingerprint density at radius 2 is 2.04 bits per heavy atom. The molecule has 1 aromatic rings. The second kappa shape index (κ2) is 10.1. The van der Waals surface area contributed by atoms with Crippen LogP contribution in [0.4, 0.5) is 4.79 Å². The molecule has 0 heterocycles. The first-order valence-electron chi connectivity index (χ1n) is 7.60. The van der Waals surface area contributed by atoms with E-state index in [2.05, 4.69) is 26.6 Å². The highest BCUT2D eigenvalue weighted by Gasteiger charge is 2.11. The van der Waals surface area contributed by atoms with Gasteiger partial charge in [0.2, 0.25) is 5.91 Å². The Morgan fingerprint density at radius 3 is 2.65 bits per heavy atom. The molecule has 23 heavy (non-hydrogen) atoms. The predicted molar refractivity (Wildman–Crippen MR) is 93.3 cm³/mol. The standard InChI is InChI=1S/C16H24BrN3O3/c1-11(12-7-8-14(23-2)13(17)10-12)20-15(21)6-4-3-5-9-19-16(18)22/h7-8,10-11H,3-6,9H2,1-2H3,(H,20,21)(H3,18,19,22)/t11-/m0/s1. The molecule has 0 radical (unpaired) electrons. The van der Waals surface area contributed by atoms with Crippen molar-refractivity contribution in [3.05, 3.63) is 28.2 Å². The van der Waals surface area contributed by atoms with E-state index in [0.29, 0.717) is 13.0 Å². The van der Waals surface area contributed by atoms with E-state index in [-0.39, 0.29) is 11.9 Å². The summed E-state index contributed by atoms with van der Waals surface area (Å²) in [5, 5.41) is 5.51. The second-order valence-corrected chi connectivity index (χ2v) is 6.14. The molecule has 0 saturated heterocycles. The molecule has 0 aliphatic carbocycles. The topological polar surface area (TPSA) is 93.4 Å². The summed E-state index contributed by atoms with van der Waals surface area (Å²) in [7, 11) is 1.62. The number of halogens is 1. The van der Waals surface area contributed by atoms with Gasteiger partial charge in [-0.1, -0.05) is 12.5 Å². The number of rotatable bonds is 9. The van der Waals surface area contributed by atoms with Crippen molar-refractivity contribution in [1.29, 1.82) is 0 Å². The van der Waals surface area contributed by atoms with Gasteiger partial charge in [-0.15, -0.1) is 0 Å². The Hall–Kier alpha value is -1.76. The molecule has 0 spiro atoms. The number of amides is 3. The highest BCUT2D eigenvalue weighted by Crippen LogP contribution is 2.27. The number of benzene rings is 1. The van der Waals surface area contributed by atoms with Crippen LogP contribution in [0.5, 0.6) is 5.75 Å². The molecule has 0 saturated carbocycles. The van der Waals surface area contributed by atoms with Crippen LogP contribution in [0, 0.1) is 0 Å². The SMILES string of the molecule is COc1ccc([C@H](C)NC(=O)CCCCCNC(N)=O)cc1Br. The number of primary amides is 1. The Bertz CT molecular complexity index is 537. The smallest absolute Gasteiger partial charge is 0.312 e. The third-order valence-electron chi connectivity index (χ3n) is 3.43. The molecule has 128 valence electrons. The van der Waals surface area contributed by atoms with E-state index in [1.54, 1.807) is 7.11 Å². The van der Waals surface area contributed by atoms with Crippen molar-refractivity contribution < 1.29 is 14.3 Å².